The van der Waals surface area contributed by atoms with Gasteiger partial charge in [-0.25, -0.2) is 9.98 Å². The van der Waals surface area contributed by atoms with Gasteiger partial charge in [0.05, 0.1) is 18.0 Å². The molecule has 0 fully saturated rings. The van der Waals surface area contributed by atoms with Crippen molar-refractivity contribution in [2.24, 2.45) is 15.5 Å². The van der Waals surface area contributed by atoms with Gasteiger partial charge in [-0.05, 0) is 94.0 Å². The summed E-state index contributed by atoms with van der Waals surface area (Å²) in [6.45, 7) is 20.5. The Labute approximate surface area is 307 Å². The Bertz CT molecular complexity index is 1810. The van der Waals surface area contributed by atoms with Crippen LogP contribution in [0.3, 0.4) is 0 Å². The molecule has 1 amide bonds. The molecule has 2 aromatic carbocycles. The highest BCUT2D eigenvalue weighted by atomic mass is 16.5. The number of ether oxygens (including phenoxy) is 2. The highest BCUT2D eigenvalue weighted by molar-refractivity contribution is 6.50. The van der Waals surface area contributed by atoms with Gasteiger partial charge in [0.15, 0.2) is 11.9 Å². The number of amides is 1. The van der Waals surface area contributed by atoms with E-state index < -0.39 is 12.1 Å². The summed E-state index contributed by atoms with van der Waals surface area (Å²) in [4.78, 5) is 38.1. The minimum Gasteiger partial charge on any atom is -0.494 e. The lowest BCUT2D eigenvalue weighted by molar-refractivity contribution is -0.137. The predicted molar refractivity (Wildman–Crippen MR) is 205 cm³/mol. The zero-order valence-electron chi connectivity index (χ0n) is 32.2. The molecule has 2 aliphatic rings. The summed E-state index contributed by atoms with van der Waals surface area (Å²) in [6, 6.07) is 13.6. The van der Waals surface area contributed by atoms with Crippen molar-refractivity contribution in [2.45, 2.75) is 118 Å². The second-order valence-electron chi connectivity index (χ2n) is 15.7. The fourth-order valence-corrected chi connectivity index (χ4v) is 6.79. The van der Waals surface area contributed by atoms with Crippen LogP contribution in [0.2, 0.25) is 0 Å². The molecular formula is C40H55N7O5. The third-order valence-electron chi connectivity index (χ3n) is 9.63. The first-order chi connectivity index (χ1) is 24.6. The maximum atomic E-state index is 13.0. The van der Waals surface area contributed by atoms with Gasteiger partial charge in [-0.15, -0.1) is 9.89 Å². The van der Waals surface area contributed by atoms with E-state index in [0.717, 1.165) is 42.1 Å². The molecule has 12 heteroatoms. The molecule has 3 atom stereocenters. The van der Waals surface area contributed by atoms with Crippen molar-refractivity contribution in [3.8, 4) is 11.5 Å². The number of rotatable bonds is 15. The number of carboxylic acids is 1. The number of carbonyl (C=O) groups is 2. The summed E-state index contributed by atoms with van der Waals surface area (Å²) >= 11 is 0. The van der Waals surface area contributed by atoms with Gasteiger partial charge in [0.2, 0.25) is 5.82 Å². The number of aliphatic imine (C=N–C) groups is 1. The quantitative estimate of drug-likeness (QED) is 0.154. The summed E-state index contributed by atoms with van der Waals surface area (Å²) in [5.74, 6) is 1.60. The Morgan fingerprint density at radius 2 is 1.81 bits per heavy atom. The minimum absolute atomic E-state index is 0.0978. The van der Waals surface area contributed by atoms with Crippen molar-refractivity contribution >= 4 is 34.7 Å². The van der Waals surface area contributed by atoms with E-state index in [9.17, 15) is 14.7 Å². The number of fused-ring (bicyclic) bond motifs is 2. The Morgan fingerprint density at radius 1 is 1.10 bits per heavy atom. The lowest BCUT2D eigenvalue weighted by atomic mass is 9.79. The molecule has 3 unspecified atom stereocenters. The number of carboxylic acid groups (broad SMARTS) is 1. The molecule has 1 aromatic heterocycles. The summed E-state index contributed by atoms with van der Waals surface area (Å²) in [5, 5.41) is 21.8. The topological polar surface area (TPSA) is 144 Å². The lowest BCUT2D eigenvalue weighted by Crippen LogP contribution is -2.48. The summed E-state index contributed by atoms with van der Waals surface area (Å²) in [5.41, 5.74) is 4.18. The number of unbranched alkanes of at least 4 members (excludes halogenated alkanes) is 1. The van der Waals surface area contributed by atoms with E-state index in [0.29, 0.717) is 55.1 Å². The highest BCUT2D eigenvalue weighted by Crippen LogP contribution is 2.45. The second kappa shape index (κ2) is 15.9. The number of aliphatic carboxylic acids is 1. The molecule has 280 valence electrons. The van der Waals surface area contributed by atoms with Crippen LogP contribution in [0.15, 0.2) is 52.6 Å². The summed E-state index contributed by atoms with van der Waals surface area (Å²) in [6.07, 6.45) is 3.04. The zero-order chi connectivity index (χ0) is 37.8. The van der Waals surface area contributed by atoms with Crippen molar-refractivity contribution in [1.29, 1.82) is 0 Å². The molecule has 5 rings (SSSR count). The molecule has 0 aliphatic carbocycles. The van der Waals surface area contributed by atoms with E-state index in [-0.39, 0.29) is 29.2 Å². The van der Waals surface area contributed by atoms with Crippen LogP contribution in [-0.4, -0.2) is 74.6 Å². The van der Waals surface area contributed by atoms with Crippen LogP contribution in [0.1, 0.15) is 123 Å². The zero-order valence-corrected chi connectivity index (χ0v) is 32.2. The van der Waals surface area contributed by atoms with Crippen LogP contribution in [0, 0.1) is 5.41 Å². The third kappa shape index (κ3) is 9.00. The fourth-order valence-electron chi connectivity index (χ4n) is 6.79. The van der Waals surface area contributed by atoms with Crippen molar-refractivity contribution in [1.82, 2.24) is 20.2 Å². The Hall–Kier alpha value is -4.74. The fraction of sp³-hybridized carbons (Fsp3) is 0.550. The van der Waals surface area contributed by atoms with Gasteiger partial charge in [-0.3, -0.25) is 9.59 Å². The van der Waals surface area contributed by atoms with E-state index in [2.05, 4.69) is 70.8 Å². The van der Waals surface area contributed by atoms with Gasteiger partial charge in [-0.1, -0.05) is 48.0 Å². The van der Waals surface area contributed by atoms with Crippen LogP contribution in [0.25, 0.3) is 0 Å². The number of carbonyl (C=O) groups excluding carboxylic acids is 1. The van der Waals surface area contributed by atoms with Gasteiger partial charge in [-0.2, -0.15) is 5.10 Å². The maximum absolute atomic E-state index is 13.0. The monoisotopic (exact) mass is 713 g/mol. The van der Waals surface area contributed by atoms with Crippen molar-refractivity contribution < 1.29 is 24.2 Å². The number of benzene rings is 2. The van der Waals surface area contributed by atoms with Gasteiger partial charge in [0.25, 0.3) is 5.91 Å². The van der Waals surface area contributed by atoms with Crippen LogP contribution < -0.4 is 19.7 Å². The molecule has 0 spiro atoms. The standard InChI is InChI=1S/C40H55N7O5/c1-10-11-21-51-29-15-17-30(18-16-29)52-27(4)38(50)41-24-26(3)36-43-37-34(35(39(5,6)7)44-47(37)45-36)42-28-14-19-32-31(22-28)25(2)23-40(8,9)46(32)20-12-13-33(48)49/h14-19,22,25-27H,10-13,20-21,23-24H2,1-9H3,(H,41,50)(H,48,49)/b42-34-. The van der Waals surface area contributed by atoms with Crippen molar-refractivity contribution in [3.63, 3.8) is 0 Å². The molecular weight excluding hydrogens is 658 g/mol. The maximum Gasteiger partial charge on any atom is 0.303 e. The van der Waals surface area contributed by atoms with E-state index >= 15 is 0 Å². The lowest BCUT2D eigenvalue weighted by Gasteiger charge is -2.47. The SMILES string of the molecule is CCCCOc1ccc(OC(C)C(=O)NCC(C)c2nc3n(n2)N=C(C(C)(C)C)/C3=N/c2ccc3c(c2)C(C)CC(C)(C)N3CCCC(=O)O)cc1. The Balaban J connectivity index is 1.29. The van der Waals surface area contributed by atoms with Gasteiger partial charge < -0.3 is 24.8 Å². The first-order valence-electron chi connectivity index (χ1n) is 18.5. The summed E-state index contributed by atoms with van der Waals surface area (Å²) in [7, 11) is 0. The average molecular weight is 714 g/mol. The number of hydrogen-bond acceptors (Lipinski definition) is 9. The van der Waals surface area contributed by atoms with E-state index in [1.807, 2.05) is 25.1 Å². The first-order valence-corrected chi connectivity index (χ1v) is 18.5. The molecule has 0 saturated carbocycles. The molecule has 0 saturated heterocycles. The minimum atomic E-state index is -0.775. The van der Waals surface area contributed by atoms with Gasteiger partial charge >= 0.3 is 5.97 Å². The van der Waals surface area contributed by atoms with Crippen LogP contribution in [0.4, 0.5) is 11.4 Å². The van der Waals surface area contributed by atoms with Gasteiger partial charge in [0.1, 0.15) is 17.2 Å². The van der Waals surface area contributed by atoms with Crippen LogP contribution in [-0.2, 0) is 9.59 Å². The Kier molecular flexibility index (Phi) is 11.8. The number of hydrogen-bond donors (Lipinski definition) is 2. The molecule has 52 heavy (non-hydrogen) atoms. The van der Waals surface area contributed by atoms with Crippen molar-refractivity contribution in [3.05, 3.63) is 59.7 Å². The normalized spacial score (nSPS) is 18.3. The van der Waals surface area contributed by atoms with Gasteiger partial charge in [0, 0.05) is 42.1 Å². The summed E-state index contributed by atoms with van der Waals surface area (Å²) < 4.78 is 11.6. The first kappa shape index (κ1) is 38.5. The number of nitrogens with one attached hydrogen (secondary N) is 1. The molecule has 2 N–H and O–H groups in total. The predicted octanol–water partition coefficient (Wildman–Crippen LogP) is 7.49. The number of aromatic nitrogens is 3. The smallest absolute Gasteiger partial charge is 0.303 e. The van der Waals surface area contributed by atoms with Crippen LogP contribution >= 0.6 is 0 Å². The number of nitrogens with zero attached hydrogens (tertiary/aromatic N) is 6. The molecule has 12 nitrogen and oxygen atoms in total. The van der Waals surface area contributed by atoms with Crippen molar-refractivity contribution in [2.75, 3.05) is 24.6 Å². The molecule has 0 bridgehead atoms. The largest absolute Gasteiger partial charge is 0.494 e. The third-order valence-corrected chi connectivity index (χ3v) is 9.63. The molecule has 3 heterocycles. The number of anilines is 1. The molecule has 3 aromatic rings. The van der Waals surface area contributed by atoms with E-state index in [1.165, 1.54) is 5.56 Å². The molecule has 0 radical (unpaired) electrons. The van der Waals surface area contributed by atoms with Crippen LogP contribution in [0.5, 0.6) is 11.5 Å². The second-order valence-corrected chi connectivity index (χ2v) is 15.7. The average Bonchev–Trinajstić information content (AvgIpc) is 3.65. The van der Waals surface area contributed by atoms with E-state index in [4.69, 9.17) is 29.7 Å². The highest BCUT2D eigenvalue weighted by Gasteiger charge is 2.38. The Morgan fingerprint density at radius 3 is 2.48 bits per heavy atom. The van der Waals surface area contributed by atoms with E-state index in [1.54, 1.807) is 23.8 Å². The molecule has 2 aliphatic heterocycles.